The third kappa shape index (κ3) is 2.70. The van der Waals surface area contributed by atoms with E-state index in [9.17, 15) is 5.11 Å². The van der Waals surface area contributed by atoms with Gasteiger partial charge in [0.05, 0.1) is 5.56 Å². The number of benzene rings is 1. The lowest BCUT2D eigenvalue weighted by Crippen LogP contribution is -2.02. The topological polar surface area (TPSA) is 46.2 Å². The normalized spacial score (nSPS) is 10.1. The first-order valence-electron chi connectivity index (χ1n) is 4.77. The van der Waals surface area contributed by atoms with Crippen LogP contribution in [0.25, 0.3) is 0 Å². The summed E-state index contributed by atoms with van der Waals surface area (Å²) >= 11 is 4.70. The first kappa shape index (κ1) is 11.0. The summed E-state index contributed by atoms with van der Waals surface area (Å²) in [6, 6.07) is 5.64. The molecular weight excluding hydrogens is 194 g/mol. The molecule has 3 N–H and O–H groups in total. The van der Waals surface area contributed by atoms with Crippen molar-refractivity contribution in [3.05, 3.63) is 29.3 Å². The van der Waals surface area contributed by atoms with Crippen molar-refractivity contribution in [2.24, 2.45) is 0 Å². The Balaban J connectivity index is 2.89. The van der Waals surface area contributed by atoms with Crippen LogP contribution in [-0.4, -0.2) is 10.2 Å². The number of aliphatic hydroxyl groups is 1. The van der Waals surface area contributed by atoms with E-state index in [0.29, 0.717) is 11.3 Å². The third-order valence-electron chi connectivity index (χ3n) is 2.17. The SMILES string of the molecule is CCCCc1ccc(N)c(C(O)=S)c1. The van der Waals surface area contributed by atoms with Gasteiger partial charge in [0.1, 0.15) is 0 Å². The Bertz CT molecular complexity index is 336. The molecule has 0 atom stereocenters. The monoisotopic (exact) mass is 209 g/mol. The van der Waals surface area contributed by atoms with Gasteiger partial charge in [0.15, 0.2) is 5.05 Å². The van der Waals surface area contributed by atoms with Crippen LogP contribution < -0.4 is 5.73 Å². The van der Waals surface area contributed by atoms with Crippen LogP contribution in [0, 0.1) is 0 Å². The lowest BCUT2D eigenvalue weighted by atomic mass is 10.0. The second kappa shape index (κ2) is 4.96. The Labute approximate surface area is 89.7 Å². The highest BCUT2D eigenvalue weighted by Crippen LogP contribution is 2.16. The summed E-state index contributed by atoms with van der Waals surface area (Å²) in [6.45, 7) is 2.15. The van der Waals surface area contributed by atoms with Crippen LogP contribution in [0.3, 0.4) is 0 Å². The third-order valence-corrected chi connectivity index (χ3v) is 2.39. The maximum absolute atomic E-state index is 9.21. The van der Waals surface area contributed by atoms with Crippen LogP contribution in [0.1, 0.15) is 30.9 Å². The van der Waals surface area contributed by atoms with Crippen LogP contribution >= 0.6 is 12.2 Å². The van der Waals surface area contributed by atoms with Crippen LogP contribution in [0.15, 0.2) is 18.2 Å². The number of aryl methyl sites for hydroxylation is 1. The van der Waals surface area contributed by atoms with E-state index >= 15 is 0 Å². The molecule has 0 aromatic heterocycles. The zero-order valence-corrected chi connectivity index (χ0v) is 9.10. The largest absolute Gasteiger partial charge is 0.498 e. The van der Waals surface area contributed by atoms with Crippen molar-refractivity contribution in [1.29, 1.82) is 0 Å². The average Bonchev–Trinajstić information content (AvgIpc) is 2.16. The minimum absolute atomic E-state index is 0.124. The first-order chi connectivity index (χ1) is 6.65. The number of hydrogen-bond donors (Lipinski definition) is 2. The number of thiocarbonyl (C=S) groups is 1. The predicted molar refractivity (Wildman–Crippen MR) is 63.8 cm³/mol. The molecule has 0 aliphatic heterocycles. The number of aliphatic hydroxyl groups excluding tert-OH is 1. The van der Waals surface area contributed by atoms with E-state index in [1.807, 2.05) is 12.1 Å². The van der Waals surface area contributed by atoms with Gasteiger partial charge in [0.25, 0.3) is 0 Å². The van der Waals surface area contributed by atoms with Gasteiger partial charge in [0, 0.05) is 5.69 Å². The molecule has 0 heterocycles. The lowest BCUT2D eigenvalue weighted by Gasteiger charge is -2.05. The minimum atomic E-state index is -0.124. The number of anilines is 1. The summed E-state index contributed by atoms with van der Waals surface area (Å²) in [5.74, 6) is 0. The van der Waals surface area contributed by atoms with E-state index < -0.39 is 0 Å². The number of nitrogens with two attached hydrogens (primary N) is 1. The molecule has 14 heavy (non-hydrogen) atoms. The molecule has 0 aliphatic rings. The van der Waals surface area contributed by atoms with Crippen molar-refractivity contribution in [3.8, 4) is 0 Å². The number of nitrogen functional groups attached to an aromatic ring is 1. The maximum Gasteiger partial charge on any atom is 0.190 e. The van der Waals surface area contributed by atoms with Gasteiger partial charge >= 0.3 is 0 Å². The van der Waals surface area contributed by atoms with Crippen molar-refractivity contribution in [2.75, 3.05) is 5.73 Å². The number of rotatable bonds is 4. The molecule has 0 aliphatic carbocycles. The van der Waals surface area contributed by atoms with Crippen LogP contribution in [0.5, 0.6) is 0 Å². The molecule has 1 aromatic carbocycles. The van der Waals surface area contributed by atoms with Crippen molar-refractivity contribution in [3.63, 3.8) is 0 Å². The molecule has 2 nitrogen and oxygen atoms in total. The molecule has 3 heteroatoms. The highest BCUT2D eigenvalue weighted by atomic mass is 32.1. The van der Waals surface area contributed by atoms with Crippen LogP contribution in [0.2, 0.25) is 0 Å². The minimum Gasteiger partial charge on any atom is -0.498 e. The van der Waals surface area contributed by atoms with Gasteiger partial charge in [-0.1, -0.05) is 19.4 Å². The summed E-state index contributed by atoms with van der Waals surface area (Å²) in [6.07, 6.45) is 3.30. The van der Waals surface area contributed by atoms with Gasteiger partial charge in [0.2, 0.25) is 0 Å². The number of hydrogen-bond acceptors (Lipinski definition) is 2. The summed E-state index contributed by atoms with van der Waals surface area (Å²) < 4.78 is 0. The first-order valence-corrected chi connectivity index (χ1v) is 5.17. The van der Waals surface area contributed by atoms with Gasteiger partial charge < -0.3 is 10.8 Å². The Kier molecular flexibility index (Phi) is 3.89. The molecule has 0 saturated carbocycles. The molecule has 0 fully saturated rings. The van der Waals surface area contributed by atoms with E-state index in [2.05, 4.69) is 6.92 Å². The van der Waals surface area contributed by atoms with Gasteiger partial charge in [-0.25, -0.2) is 0 Å². The molecule has 0 amide bonds. The van der Waals surface area contributed by atoms with E-state index in [0.717, 1.165) is 19.3 Å². The van der Waals surface area contributed by atoms with Crippen molar-refractivity contribution >= 4 is 23.0 Å². The van der Waals surface area contributed by atoms with Crippen molar-refractivity contribution in [2.45, 2.75) is 26.2 Å². The van der Waals surface area contributed by atoms with Gasteiger partial charge in [-0.15, -0.1) is 0 Å². The van der Waals surface area contributed by atoms with Gasteiger partial charge in [-0.3, -0.25) is 0 Å². The van der Waals surface area contributed by atoms with Crippen molar-refractivity contribution in [1.82, 2.24) is 0 Å². The molecule has 0 bridgehead atoms. The highest BCUT2D eigenvalue weighted by molar-refractivity contribution is 7.80. The van der Waals surface area contributed by atoms with Gasteiger partial charge in [-0.2, -0.15) is 0 Å². The Hall–Kier alpha value is -1.09. The number of unbranched alkanes of at least 4 members (excludes halogenated alkanes) is 1. The fourth-order valence-electron chi connectivity index (χ4n) is 1.33. The fourth-order valence-corrected chi connectivity index (χ4v) is 1.50. The predicted octanol–water partition coefficient (Wildman–Crippen LogP) is 2.84. The maximum atomic E-state index is 9.21. The average molecular weight is 209 g/mol. The van der Waals surface area contributed by atoms with E-state index in [-0.39, 0.29) is 5.05 Å². The zero-order chi connectivity index (χ0) is 10.6. The summed E-state index contributed by atoms with van der Waals surface area (Å²) in [5, 5.41) is 9.08. The van der Waals surface area contributed by atoms with E-state index in [1.165, 1.54) is 5.56 Å². The lowest BCUT2D eigenvalue weighted by molar-refractivity contribution is 0.571. The standard InChI is InChI=1S/C11H15NOS/c1-2-3-4-8-5-6-10(12)9(7-8)11(13)14/h5-7H,2-4,12H2,1H3,(H,13,14). The molecule has 1 aromatic rings. The molecule has 1 rings (SSSR count). The molecular formula is C11H15NOS. The quantitative estimate of drug-likeness (QED) is 0.592. The molecule has 0 saturated heterocycles. The fraction of sp³-hybridized carbons (Fsp3) is 0.364. The van der Waals surface area contributed by atoms with Crippen molar-refractivity contribution < 1.29 is 5.11 Å². The smallest absolute Gasteiger partial charge is 0.190 e. The second-order valence-corrected chi connectivity index (χ2v) is 3.72. The van der Waals surface area contributed by atoms with E-state index in [1.54, 1.807) is 6.07 Å². The Morgan fingerprint density at radius 2 is 2.21 bits per heavy atom. The Morgan fingerprint density at radius 3 is 2.79 bits per heavy atom. The molecule has 0 unspecified atom stereocenters. The summed E-state index contributed by atoms with van der Waals surface area (Å²) in [4.78, 5) is 0. The zero-order valence-electron chi connectivity index (χ0n) is 8.29. The molecule has 0 spiro atoms. The second-order valence-electron chi connectivity index (χ2n) is 3.33. The summed E-state index contributed by atoms with van der Waals surface area (Å²) in [5.41, 5.74) is 7.96. The van der Waals surface area contributed by atoms with E-state index in [4.69, 9.17) is 18.0 Å². The molecule has 0 radical (unpaired) electrons. The van der Waals surface area contributed by atoms with Crippen LogP contribution in [0.4, 0.5) is 5.69 Å². The van der Waals surface area contributed by atoms with Gasteiger partial charge in [-0.05, 0) is 42.8 Å². The summed E-state index contributed by atoms with van der Waals surface area (Å²) in [7, 11) is 0. The molecule has 76 valence electrons. The highest BCUT2D eigenvalue weighted by Gasteiger charge is 2.04. The Morgan fingerprint density at radius 1 is 1.50 bits per heavy atom. The van der Waals surface area contributed by atoms with Crippen LogP contribution in [-0.2, 0) is 6.42 Å².